The zero-order valence-electron chi connectivity index (χ0n) is 40.9. The number of allylic oxidation sites excluding steroid dienone is 4. The van der Waals surface area contributed by atoms with E-state index in [2.05, 4.69) is 43.5 Å². The lowest BCUT2D eigenvalue weighted by molar-refractivity contribution is -0.132. The minimum Gasteiger partial charge on any atom is -0.394 e. The summed E-state index contributed by atoms with van der Waals surface area (Å²) in [5.41, 5.74) is 0. The third-order valence-electron chi connectivity index (χ3n) is 12.9. The van der Waals surface area contributed by atoms with E-state index in [0.29, 0.717) is 19.3 Å². The molecule has 362 valence electrons. The summed E-state index contributed by atoms with van der Waals surface area (Å²) in [5.74, 6) is -0.596. The quantitative estimate of drug-likeness (QED) is 0.0309. The van der Waals surface area contributed by atoms with E-state index in [4.69, 9.17) is 0 Å². The highest BCUT2D eigenvalue weighted by molar-refractivity contribution is 5.80. The fourth-order valence-corrected chi connectivity index (χ4v) is 8.67. The van der Waals surface area contributed by atoms with Crippen molar-refractivity contribution >= 4 is 5.91 Å². The Morgan fingerprint density at radius 3 is 1.05 bits per heavy atom. The largest absolute Gasteiger partial charge is 0.394 e. The van der Waals surface area contributed by atoms with Gasteiger partial charge in [0.1, 0.15) is 12.2 Å². The van der Waals surface area contributed by atoms with E-state index in [1.54, 1.807) is 0 Å². The Morgan fingerprint density at radius 2 is 0.721 bits per heavy atom. The van der Waals surface area contributed by atoms with Crippen molar-refractivity contribution in [2.45, 2.75) is 314 Å². The highest BCUT2D eigenvalue weighted by Gasteiger charge is 2.28. The molecule has 4 atom stereocenters. The Hall–Kier alpha value is -1.21. The molecule has 5 N–H and O–H groups in total. The normalized spacial score (nSPS) is 14.0. The van der Waals surface area contributed by atoms with Crippen molar-refractivity contribution in [1.29, 1.82) is 0 Å². The first-order valence-electron chi connectivity index (χ1n) is 27.2. The second kappa shape index (κ2) is 49.8. The van der Waals surface area contributed by atoms with Gasteiger partial charge in [-0.1, -0.05) is 269 Å². The molecule has 0 aromatic heterocycles. The van der Waals surface area contributed by atoms with Crippen molar-refractivity contribution in [3.05, 3.63) is 24.3 Å². The molecule has 0 aliphatic rings. The number of hydrogen-bond acceptors (Lipinski definition) is 5. The third-order valence-corrected chi connectivity index (χ3v) is 12.9. The Bertz CT molecular complexity index is 924. The lowest BCUT2D eigenvalue weighted by atomic mass is 10.00. The predicted octanol–water partition coefficient (Wildman–Crippen LogP) is 15.5. The smallest absolute Gasteiger partial charge is 0.249 e. The third kappa shape index (κ3) is 43.8. The van der Waals surface area contributed by atoms with Gasteiger partial charge in [-0.15, -0.1) is 0 Å². The zero-order valence-corrected chi connectivity index (χ0v) is 40.9. The maximum Gasteiger partial charge on any atom is 0.249 e. The summed E-state index contributed by atoms with van der Waals surface area (Å²) in [6, 6.07) is -1.00. The van der Waals surface area contributed by atoms with Gasteiger partial charge in [0.2, 0.25) is 5.91 Å². The Labute approximate surface area is 380 Å². The average molecular weight is 862 g/mol. The minimum absolute atomic E-state index is 0.364. The van der Waals surface area contributed by atoms with Crippen LogP contribution >= 0.6 is 0 Å². The molecule has 0 aliphatic heterocycles. The van der Waals surface area contributed by atoms with E-state index in [-0.39, 0.29) is 0 Å². The number of hydrogen-bond donors (Lipinski definition) is 5. The first kappa shape index (κ1) is 59.8. The lowest BCUT2D eigenvalue weighted by Gasteiger charge is -2.27. The number of aliphatic hydroxyl groups excluding tert-OH is 4. The molecule has 0 bridgehead atoms. The zero-order chi connectivity index (χ0) is 44.5. The molecule has 4 unspecified atom stereocenters. The van der Waals surface area contributed by atoms with Crippen LogP contribution in [0.3, 0.4) is 0 Å². The van der Waals surface area contributed by atoms with Gasteiger partial charge < -0.3 is 25.7 Å². The van der Waals surface area contributed by atoms with E-state index in [1.807, 2.05) is 0 Å². The molecule has 0 fully saturated rings. The van der Waals surface area contributed by atoms with E-state index < -0.39 is 36.9 Å². The molecular weight excluding hydrogens is 755 g/mol. The molecule has 6 heteroatoms. The van der Waals surface area contributed by atoms with Crippen LogP contribution in [-0.2, 0) is 4.79 Å². The van der Waals surface area contributed by atoms with Gasteiger partial charge in [-0.05, 0) is 44.9 Å². The van der Waals surface area contributed by atoms with Crippen molar-refractivity contribution in [2.75, 3.05) is 6.61 Å². The van der Waals surface area contributed by atoms with E-state index in [0.717, 1.165) is 44.9 Å². The summed E-state index contributed by atoms with van der Waals surface area (Å²) in [6.07, 6.45) is 60.1. The van der Waals surface area contributed by atoms with Crippen LogP contribution in [0.1, 0.15) is 290 Å². The van der Waals surface area contributed by atoms with Gasteiger partial charge in [0.25, 0.3) is 0 Å². The number of carbonyl (C=O) groups is 1. The summed E-state index contributed by atoms with van der Waals surface area (Å²) in [6.45, 7) is 3.92. The number of aliphatic hydroxyl groups is 4. The summed E-state index contributed by atoms with van der Waals surface area (Å²) < 4.78 is 0. The van der Waals surface area contributed by atoms with E-state index >= 15 is 0 Å². The molecule has 1 amide bonds. The standard InChI is InChI=1S/C55H107NO5/c1-3-5-7-9-11-13-14-15-16-17-18-19-20-21-22-23-24-25-26-27-28-29-30-31-32-33-34-35-36-37-38-39-41-43-45-47-49-53(59)55(61)56-51(50-57)54(60)52(58)48-46-44-42-40-12-10-8-6-4-2/h6,8,40,42,51-54,57-60H,3-5,7,9-39,41,43-50H2,1-2H3,(H,56,61)/b8-6+,42-40+. The molecule has 61 heavy (non-hydrogen) atoms. The van der Waals surface area contributed by atoms with Crippen molar-refractivity contribution in [2.24, 2.45) is 0 Å². The first-order chi connectivity index (χ1) is 30.0. The van der Waals surface area contributed by atoms with Crippen LogP contribution in [0.25, 0.3) is 0 Å². The molecule has 0 aromatic rings. The summed E-state index contributed by atoms with van der Waals surface area (Å²) in [5, 5.41) is 43.5. The van der Waals surface area contributed by atoms with Gasteiger partial charge in [-0.25, -0.2) is 0 Å². The van der Waals surface area contributed by atoms with Gasteiger partial charge in [0, 0.05) is 0 Å². The second-order valence-corrected chi connectivity index (χ2v) is 18.9. The van der Waals surface area contributed by atoms with Crippen LogP contribution in [0.4, 0.5) is 0 Å². The van der Waals surface area contributed by atoms with Crippen LogP contribution in [0.15, 0.2) is 24.3 Å². The van der Waals surface area contributed by atoms with E-state index in [1.165, 1.54) is 212 Å². The Kier molecular flexibility index (Phi) is 48.8. The topological polar surface area (TPSA) is 110 Å². The van der Waals surface area contributed by atoms with Gasteiger partial charge >= 0.3 is 0 Å². The number of unbranched alkanes of at least 4 members (excludes halogenated alkanes) is 37. The highest BCUT2D eigenvalue weighted by atomic mass is 16.3. The number of nitrogens with one attached hydrogen (secondary N) is 1. The molecule has 0 aliphatic carbocycles. The fourth-order valence-electron chi connectivity index (χ4n) is 8.67. The summed E-state index contributed by atoms with van der Waals surface area (Å²) in [4.78, 5) is 12.5. The lowest BCUT2D eigenvalue weighted by Crippen LogP contribution is -2.53. The molecule has 0 heterocycles. The number of amides is 1. The monoisotopic (exact) mass is 862 g/mol. The molecular formula is C55H107NO5. The molecule has 0 saturated heterocycles. The van der Waals surface area contributed by atoms with Gasteiger partial charge in [0.05, 0.1) is 18.8 Å². The molecule has 0 rings (SSSR count). The maximum atomic E-state index is 12.5. The molecule has 0 saturated carbocycles. The number of rotatable bonds is 50. The molecule has 6 nitrogen and oxygen atoms in total. The Balaban J connectivity index is 3.45. The van der Waals surface area contributed by atoms with Crippen LogP contribution in [0.5, 0.6) is 0 Å². The van der Waals surface area contributed by atoms with Crippen LogP contribution in [0, 0.1) is 0 Å². The second-order valence-electron chi connectivity index (χ2n) is 18.9. The van der Waals surface area contributed by atoms with Crippen molar-refractivity contribution in [1.82, 2.24) is 5.32 Å². The minimum atomic E-state index is -1.29. The van der Waals surface area contributed by atoms with Gasteiger partial charge in [0.15, 0.2) is 0 Å². The Morgan fingerprint density at radius 1 is 0.410 bits per heavy atom. The summed E-state index contributed by atoms with van der Waals surface area (Å²) in [7, 11) is 0. The fraction of sp³-hybridized carbons (Fsp3) is 0.909. The van der Waals surface area contributed by atoms with Gasteiger partial charge in [-0.2, -0.15) is 0 Å². The van der Waals surface area contributed by atoms with Crippen LogP contribution < -0.4 is 5.32 Å². The van der Waals surface area contributed by atoms with Crippen LogP contribution in [0.2, 0.25) is 0 Å². The number of carbonyl (C=O) groups excluding carboxylic acids is 1. The maximum absolute atomic E-state index is 12.5. The molecule has 0 aromatic carbocycles. The predicted molar refractivity (Wildman–Crippen MR) is 265 cm³/mol. The van der Waals surface area contributed by atoms with Crippen LogP contribution in [-0.4, -0.2) is 57.3 Å². The highest BCUT2D eigenvalue weighted by Crippen LogP contribution is 2.18. The van der Waals surface area contributed by atoms with E-state index in [9.17, 15) is 25.2 Å². The van der Waals surface area contributed by atoms with Crippen molar-refractivity contribution < 1.29 is 25.2 Å². The first-order valence-corrected chi connectivity index (χ1v) is 27.2. The van der Waals surface area contributed by atoms with Crippen molar-refractivity contribution in [3.8, 4) is 0 Å². The summed E-state index contributed by atoms with van der Waals surface area (Å²) >= 11 is 0. The van der Waals surface area contributed by atoms with Crippen molar-refractivity contribution in [3.63, 3.8) is 0 Å². The van der Waals surface area contributed by atoms with Gasteiger partial charge in [-0.3, -0.25) is 4.79 Å². The molecule has 0 spiro atoms. The SMILES string of the molecule is CC/C=C/CC/C=C/CCCC(O)C(O)C(CO)NC(=O)C(O)CCCCCCCCCCCCCCCCCCCCCCCCCCCCCCCCCCCCCC. The molecule has 0 radical (unpaired) electrons. The average Bonchev–Trinajstić information content (AvgIpc) is 3.26.